The zero-order valence-corrected chi connectivity index (χ0v) is 8.91. The topological polar surface area (TPSA) is 69.6 Å². The highest BCUT2D eigenvalue weighted by atomic mass is 16.4. The molecule has 0 unspecified atom stereocenters. The molecular weight excluding hydrogens is 184 g/mol. The van der Waals surface area contributed by atoms with E-state index in [-0.39, 0.29) is 24.9 Å². The number of nitrogens with one attached hydrogen (secondary N) is 1. The lowest BCUT2D eigenvalue weighted by Gasteiger charge is -2.16. The number of amides is 1. The van der Waals surface area contributed by atoms with Crippen molar-refractivity contribution in [2.75, 3.05) is 20.1 Å². The molecule has 0 aliphatic rings. The van der Waals surface area contributed by atoms with Crippen LogP contribution in [0, 0.1) is 0 Å². The van der Waals surface area contributed by atoms with Crippen LogP contribution in [0.3, 0.4) is 0 Å². The van der Waals surface area contributed by atoms with Gasteiger partial charge in [-0.3, -0.25) is 14.5 Å². The highest BCUT2D eigenvalue weighted by Crippen LogP contribution is 1.88. The number of likely N-dealkylation sites (N-methyl/N-ethyl adjacent to an activating group) is 1. The van der Waals surface area contributed by atoms with Gasteiger partial charge in [-0.15, -0.1) is 0 Å². The van der Waals surface area contributed by atoms with Crippen molar-refractivity contribution in [3.63, 3.8) is 0 Å². The predicted molar refractivity (Wildman–Crippen MR) is 53.0 cm³/mol. The van der Waals surface area contributed by atoms with Crippen LogP contribution in [0.4, 0.5) is 0 Å². The highest BCUT2D eigenvalue weighted by Gasteiger charge is 2.08. The van der Waals surface area contributed by atoms with Gasteiger partial charge in [-0.25, -0.2) is 0 Å². The first-order valence-corrected chi connectivity index (χ1v) is 4.61. The maximum atomic E-state index is 11.2. The Morgan fingerprint density at radius 1 is 1.43 bits per heavy atom. The Kier molecular flexibility index (Phi) is 5.87. The van der Waals surface area contributed by atoms with Crippen molar-refractivity contribution >= 4 is 11.9 Å². The second kappa shape index (κ2) is 6.37. The molecule has 0 spiro atoms. The second-order valence-electron chi connectivity index (χ2n) is 3.60. The number of nitrogens with zero attached hydrogens (tertiary/aromatic N) is 1. The van der Waals surface area contributed by atoms with Gasteiger partial charge in [0.25, 0.3) is 0 Å². The van der Waals surface area contributed by atoms with E-state index >= 15 is 0 Å². The summed E-state index contributed by atoms with van der Waals surface area (Å²) in [4.78, 5) is 23.1. The summed E-state index contributed by atoms with van der Waals surface area (Å²) >= 11 is 0. The van der Waals surface area contributed by atoms with E-state index < -0.39 is 5.97 Å². The van der Waals surface area contributed by atoms with Gasteiger partial charge in [-0.05, 0) is 20.9 Å². The van der Waals surface area contributed by atoms with Crippen molar-refractivity contribution in [1.82, 2.24) is 10.2 Å². The molecule has 82 valence electrons. The number of carboxylic acids is 1. The lowest BCUT2D eigenvalue weighted by molar-refractivity contribution is -0.137. The Hall–Kier alpha value is -1.10. The van der Waals surface area contributed by atoms with Crippen molar-refractivity contribution in [3.8, 4) is 0 Å². The fourth-order valence-electron chi connectivity index (χ4n) is 0.978. The molecule has 0 bridgehead atoms. The minimum Gasteiger partial charge on any atom is -0.481 e. The molecule has 0 radical (unpaired) electrons. The number of aliphatic carboxylic acids is 1. The molecule has 0 saturated carbocycles. The largest absolute Gasteiger partial charge is 0.481 e. The third-order valence-corrected chi connectivity index (χ3v) is 1.57. The summed E-state index contributed by atoms with van der Waals surface area (Å²) in [6, 6.07) is 0.121. The Balaban J connectivity index is 3.65. The molecule has 2 N–H and O–H groups in total. The van der Waals surface area contributed by atoms with E-state index in [0.717, 1.165) is 0 Å². The molecule has 0 aliphatic carbocycles. The molecule has 0 aliphatic heterocycles. The minimum absolute atomic E-state index is 0.0610. The van der Waals surface area contributed by atoms with E-state index in [1.807, 2.05) is 13.8 Å². The number of carbonyl (C=O) groups excluding carboxylic acids is 1. The number of hydrogen-bond acceptors (Lipinski definition) is 3. The fourth-order valence-corrected chi connectivity index (χ4v) is 0.978. The van der Waals surface area contributed by atoms with Crippen LogP contribution in [0.15, 0.2) is 0 Å². The standard InChI is InChI=1S/C9H18N2O3/c1-7(2)10-8(12)6-11(3)5-4-9(13)14/h7H,4-6H2,1-3H3,(H,10,12)(H,13,14). The van der Waals surface area contributed by atoms with Crippen molar-refractivity contribution < 1.29 is 14.7 Å². The van der Waals surface area contributed by atoms with Gasteiger partial charge < -0.3 is 10.4 Å². The third kappa shape index (κ3) is 7.54. The molecule has 14 heavy (non-hydrogen) atoms. The summed E-state index contributed by atoms with van der Waals surface area (Å²) in [5.74, 6) is -0.922. The summed E-state index contributed by atoms with van der Waals surface area (Å²) in [5.41, 5.74) is 0. The molecule has 0 aromatic carbocycles. The lowest BCUT2D eigenvalue weighted by Crippen LogP contribution is -2.39. The van der Waals surface area contributed by atoms with Crippen LogP contribution in [-0.4, -0.2) is 48.1 Å². The summed E-state index contributed by atoms with van der Waals surface area (Å²) in [5, 5.41) is 11.1. The van der Waals surface area contributed by atoms with E-state index in [2.05, 4.69) is 5.32 Å². The summed E-state index contributed by atoms with van der Waals surface area (Å²) < 4.78 is 0. The van der Waals surface area contributed by atoms with Crippen LogP contribution < -0.4 is 5.32 Å². The van der Waals surface area contributed by atoms with Crippen molar-refractivity contribution in [2.45, 2.75) is 26.3 Å². The molecule has 0 saturated heterocycles. The normalized spacial score (nSPS) is 10.6. The summed E-state index contributed by atoms with van der Waals surface area (Å²) in [6.45, 7) is 4.40. The Labute approximate surface area is 84.1 Å². The van der Waals surface area contributed by atoms with E-state index in [9.17, 15) is 9.59 Å². The van der Waals surface area contributed by atoms with Gasteiger partial charge in [0.15, 0.2) is 0 Å². The number of hydrogen-bond donors (Lipinski definition) is 2. The van der Waals surface area contributed by atoms with Gasteiger partial charge >= 0.3 is 5.97 Å². The molecule has 5 nitrogen and oxygen atoms in total. The third-order valence-electron chi connectivity index (χ3n) is 1.57. The first-order chi connectivity index (χ1) is 6.41. The minimum atomic E-state index is -0.846. The second-order valence-corrected chi connectivity index (χ2v) is 3.60. The molecule has 1 amide bonds. The van der Waals surface area contributed by atoms with Gasteiger partial charge in [0.1, 0.15) is 0 Å². The van der Waals surface area contributed by atoms with Gasteiger partial charge in [-0.1, -0.05) is 0 Å². The molecule has 0 heterocycles. The van der Waals surface area contributed by atoms with E-state index in [1.165, 1.54) is 0 Å². The highest BCUT2D eigenvalue weighted by molar-refractivity contribution is 5.78. The lowest BCUT2D eigenvalue weighted by atomic mass is 10.3. The molecule has 0 atom stereocenters. The van der Waals surface area contributed by atoms with E-state index in [4.69, 9.17) is 5.11 Å². The van der Waals surface area contributed by atoms with Gasteiger partial charge in [0.2, 0.25) is 5.91 Å². The van der Waals surface area contributed by atoms with Crippen LogP contribution in [-0.2, 0) is 9.59 Å². The monoisotopic (exact) mass is 202 g/mol. The average molecular weight is 202 g/mol. The fraction of sp³-hybridized carbons (Fsp3) is 0.778. The van der Waals surface area contributed by atoms with Crippen LogP contribution in [0.5, 0.6) is 0 Å². The van der Waals surface area contributed by atoms with Crippen molar-refractivity contribution in [2.24, 2.45) is 0 Å². The zero-order chi connectivity index (χ0) is 11.1. The number of carboxylic acid groups (broad SMARTS) is 1. The maximum absolute atomic E-state index is 11.2. The molecule has 5 heteroatoms. The first kappa shape index (κ1) is 12.9. The summed E-state index contributed by atoms with van der Waals surface area (Å²) in [6.07, 6.45) is 0.0610. The van der Waals surface area contributed by atoms with Crippen LogP contribution in [0.1, 0.15) is 20.3 Å². The molecule has 0 aromatic heterocycles. The Morgan fingerprint density at radius 3 is 2.43 bits per heavy atom. The molecule has 0 fully saturated rings. The van der Waals surface area contributed by atoms with Gasteiger partial charge in [0, 0.05) is 12.6 Å². The Bertz CT molecular complexity index is 204. The predicted octanol–water partition coefficient (Wildman–Crippen LogP) is -0.0825. The Morgan fingerprint density at radius 2 is 2.00 bits per heavy atom. The first-order valence-electron chi connectivity index (χ1n) is 4.61. The molecular formula is C9H18N2O3. The zero-order valence-electron chi connectivity index (χ0n) is 8.91. The average Bonchev–Trinajstić information content (AvgIpc) is 1.98. The quantitative estimate of drug-likeness (QED) is 0.632. The maximum Gasteiger partial charge on any atom is 0.304 e. The van der Waals surface area contributed by atoms with Crippen LogP contribution in [0.25, 0.3) is 0 Å². The SMILES string of the molecule is CC(C)NC(=O)CN(C)CCC(=O)O. The number of rotatable bonds is 6. The van der Waals surface area contributed by atoms with E-state index in [1.54, 1.807) is 11.9 Å². The number of carbonyl (C=O) groups is 2. The van der Waals surface area contributed by atoms with Crippen LogP contribution >= 0.6 is 0 Å². The summed E-state index contributed by atoms with van der Waals surface area (Å²) in [7, 11) is 1.73. The molecule has 0 aromatic rings. The molecule has 0 rings (SSSR count). The van der Waals surface area contributed by atoms with E-state index in [0.29, 0.717) is 6.54 Å². The van der Waals surface area contributed by atoms with Crippen molar-refractivity contribution in [3.05, 3.63) is 0 Å². The smallest absolute Gasteiger partial charge is 0.304 e. The van der Waals surface area contributed by atoms with Gasteiger partial charge in [-0.2, -0.15) is 0 Å². The van der Waals surface area contributed by atoms with Gasteiger partial charge in [0.05, 0.1) is 13.0 Å². The van der Waals surface area contributed by atoms with Crippen molar-refractivity contribution in [1.29, 1.82) is 0 Å². The van der Waals surface area contributed by atoms with Crippen LogP contribution in [0.2, 0.25) is 0 Å².